The average Bonchev–Trinajstić information content (AvgIpc) is 2.99. The van der Waals surface area contributed by atoms with Crippen molar-refractivity contribution < 1.29 is 4.79 Å². The van der Waals surface area contributed by atoms with Crippen molar-refractivity contribution in [3.63, 3.8) is 0 Å². The topological polar surface area (TPSA) is 32.3 Å². The van der Waals surface area contributed by atoms with Crippen molar-refractivity contribution in [3.05, 3.63) is 22.4 Å². The molecule has 0 spiro atoms. The molecule has 0 aliphatic carbocycles. The van der Waals surface area contributed by atoms with E-state index < -0.39 is 0 Å². The summed E-state index contributed by atoms with van der Waals surface area (Å²) in [7, 11) is 0. The second-order valence-corrected chi connectivity index (χ2v) is 6.33. The van der Waals surface area contributed by atoms with Crippen molar-refractivity contribution in [1.29, 1.82) is 0 Å². The zero-order chi connectivity index (χ0) is 13.1. The number of rotatable bonds is 3. The van der Waals surface area contributed by atoms with Gasteiger partial charge in [0.05, 0.1) is 6.04 Å². The highest BCUT2D eigenvalue weighted by Gasteiger charge is 2.31. The molecule has 1 aliphatic heterocycles. The molecule has 0 aromatic carbocycles. The normalized spacial score (nSPS) is 21.3. The van der Waals surface area contributed by atoms with E-state index in [0.717, 1.165) is 19.4 Å². The van der Waals surface area contributed by atoms with E-state index in [2.05, 4.69) is 43.6 Å². The van der Waals surface area contributed by atoms with E-state index in [9.17, 15) is 4.79 Å². The minimum atomic E-state index is 0.0899. The van der Waals surface area contributed by atoms with Crippen LogP contribution in [0.2, 0.25) is 0 Å². The molecule has 18 heavy (non-hydrogen) atoms. The highest BCUT2D eigenvalue weighted by Crippen LogP contribution is 2.34. The van der Waals surface area contributed by atoms with Gasteiger partial charge in [0.1, 0.15) is 0 Å². The maximum Gasteiger partial charge on any atom is 0.318 e. The van der Waals surface area contributed by atoms with Crippen LogP contribution >= 0.6 is 11.3 Å². The smallest absolute Gasteiger partial charge is 0.318 e. The number of nitrogens with one attached hydrogen (secondary N) is 1. The van der Waals surface area contributed by atoms with E-state index in [0.29, 0.717) is 5.92 Å². The predicted octanol–water partition coefficient (Wildman–Crippen LogP) is 3.64. The van der Waals surface area contributed by atoms with Crippen LogP contribution in [0.15, 0.2) is 17.5 Å². The molecule has 2 rings (SSSR count). The maximum absolute atomic E-state index is 12.3. The quantitative estimate of drug-likeness (QED) is 0.890. The van der Waals surface area contributed by atoms with Gasteiger partial charge in [-0.25, -0.2) is 4.79 Å². The Kier molecular flexibility index (Phi) is 4.27. The van der Waals surface area contributed by atoms with Crippen molar-refractivity contribution in [2.24, 2.45) is 5.92 Å². The summed E-state index contributed by atoms with van der Waals surface area (Å²) in [5.41, 5.74) is 0. The third kappa shape index (κ3) is 2.86. The largest absolute Gasteiger partial charge is 0.335 e. The van der Waals surface area contributed by atoms with Crippen LogP contribution in [0.25, 0.3) is 0 Å². The zero-order valence-electron chi connectivity index (χ0n) is 11.3. The van der Waals surface area contributed by atoms with E-state index in [1.54, 1.807) is 11.3 Å². The Balaban J connectivity index is 2.01. The van der Waals surface area contributed by atoms with E-state index in [4.69, 9.17) is 0 Å². The first kappa shape index (κ1) is 13.4. The highest BCUT2D eigenvalue weighted by molar-refractivity contribution is 7.10. The number of hydrogen-bond donors (Lipinski definition) is 1. The van der Waals surface area contributed by atoms with Crippen LogP contribution in [0.5, 0.6) is 0 Å². The molecule has 1 aromatic rings. The minimum Gasteiger partial charge on any atom is -0.335 e. The molecular weight excluding hydrogens is 244 g/mol. The molecule has 1 fully saturated rings. The minimum absolute atomic E-state index is 0.0899. The van der Waals surface area contributed by atoms with Crippen molar-refractivity contribution in [1.82, 2.24) is 10.2 Å². The Morgan fingerprint density at radius 3 is 2.89 bits per heavy atom. The van der Waals surface area contributed by atoms with Gasteiger partial charge in [-0.2, -0.15) is 0 Å². The number of likely N-dealkylation sites (tertiary alicyclic amines) is 1. The van der Waals surface area contributed by atoms with E-state index in [-0.39, 0.29) is 18.1 Å². The SMILES string of the molecule is CC(C)C(C)NC(=O)N1CCCC1c1cccs1. The van der Waals surface area contributed by atoms with Gasteiger partial charge in [-0.3, -0.25) is 0 Å². The van der Waals surface area contributed by atoms with Gasteiger partial charge in [-0.1, -0.05) is 19.9 Å². The number of carbonyl (C=O) groups is 1. The summed E-state index contributed by atoms with van der Waals surface area (Å²) in [5.74, 6) is 0.469. The average molecular weight is 266 g/mol. The van der Waals surface area contributed by atoms with Crippen LogP contribution in [0, 0.1) is 5.92 Å². The van der Waals surface area contributed by atoms with E-state index in [1.807, 2.05) is 4.90 Å². The van der Waals surface area contributed by atoms with Crippen LogP contribution in [0.4, 0.5) is 4.79 Å². The van der Waals surface area contributed by atoms with Crippen LogP contribution in [-0.4, -0.2) is 23.5 Å². The molecule has 1 N–H and O–H groups in total. The molecule has 4 heteroatoms. The molecule has 1 saturated heterocycles. The number of hydrogen-bond acceptors (Lipinski definition) is 2. The number of urea groups is 1. The Bertz CT molecular complexity index is 389. The Hall–Kier alpha value is -1.03. The summed E-state index contributed by atoms with van der Waals surface area (Å²) in [4.78, 5) is 15.6. The molecule has 3 nitrogen and oxygen atoms in total. The van der Waals surface area contributed by atoms with Gasteiger partial charge in [0, 0.05) is 17.5 Å². The second-order valence-electron chi connectivity index (χ2n) is 5.35. The number of amides is 2. The molecule has 2 amide bonds. The Morgan fingerprint density at radius 2 is 2.28 bits per heavy atom. The summed E-state index contributed by atoms with van der Waals surface area (Å²) < 4.78 is 0. The van der Waals surface area contributed by atoms with E-state index in [1.165, 1.54) is 4.88 Å². The van der Waals surface area contributed by atoms with Crippen LogP contribution < -0.4 is 5.32 Å². The number of thiophene rings is 1. The van der Waals surface area contributed by atoms with Crippen LogP contribution in [0.1, 0.15) is 44.5 Å². The van der Waals surface area contributed by atoms with Crippen LogP contribution in [0.3, 0.4) is 0 Å². The predicted molar refractivity (Wildman–Crippen MR) is 75.8 cm³/mol. The van der Waals surface area contributed by atoms with Gasteiger partial charge in [0.25, 0.3) is 0 Å². The first-order valence-corrected chi connectivity index (χ1v) is 7.58. The molecule has 2 heterocycles. The van der Waals surface area contributed by atoms with Crippen LogP contribution in [-0.2, 0) is 0 Å². The zero-order valence-corrected chi connectivity index (χ0v) is 12.2. The molecule has 100 valence electrons. The van der Waals surface area contributed by atoms with Crippen molar-refractivity contribution >= 4 is 17.4 Å². The van der Waals surface area contributed by atoms with Gasteiger partial charge in [-0.15, -0.1) is 11.3 Å². The summed E-state index contributed by atoms with van der Waals surface area (Å²) in [6.07, 6.45) is 2.19. The van der Waals surface area contributed by atoms with Crippen molar-refractivity contribution in [2.45, 2.75) is 45.7 Å². The maximum atomic E-state index is 12.3. The second kappa shape index (κ2) is 5.74. The molecule has 0 saturated carbocycles. The fourth-order valence-corrected chi connectivity index (χ4v) is 3.10. The van der Waals surface area contributed by atoms with Gasteiger partial charge in [0.2, 0.25) is 0 Å². The highest BCUT2D eigenvalue weighted by atomic mass is 32.1. The number of carbonyl (C=O) groups excluding carboxylic acids is 1. The molecule has 2 unspecified atom stereocenters. The Labute approximate surface area is 113 Å². The van der Waals surface area contributed by atoms with E-state index >= 15 is 0 Å². The summed E-state index contributed by atoms with van der Waals surface area (Å²) in [6.45, 7) is 7.20. The first-order valence-electron chi connectivity index (χ1n) is 6.70. The molecule has 1 aromatic heterocycles. The lowest BCUT2D eigenvalue weighted by Crippen LogP contribution is -2.45. The fraction of sp³-hybridized carbons (Fsp3) is 0.643. The Morgan fingerprint density at radius 1 is 1.50 bits per heavy atom. The molecule has 0 bridgehead atoms. The molecule has 2 atom stereocenters. The monoisotopic (exact) mass is 266 g/mol. The lowest BCUT2D eigenvalue weighted by atomic mass is 10.1. The standard InChI is InChI=1S/C14H22N2OS/c1-10(2)11(3)15-14(17)16-8-4-6-12(16)13-7-5-9-18-13/h5,7,9-12H,4,6,8H2,1-3H3,(H,15,17). The molecule has 0 radical (unpaired) electrons. The van der Waals surface area contributed by atoms with Gasteiger partial charge in [0.15, 0.2) is 0 Å². The first-order chi connectivity index (χ1) is 8.59. The summed E-state index contributed by atoms with van der Waals surface area (Å²) in [5, 5.41) is 5.19. The summed E-state index contributed by atoms with van der Waals surface area (Å²) >= 11 is 1.74. The van der Waals surface area contributed by atoms with Crippen molar-refractivity contribution in [2.75, 3.05) is 6.54 Å². The van der Waals surface area contributed by atoms with Crippen molar-refractivity contribution in [3.8, 4) is 0 Å². The van der Waals surface area contributed by atoms with Gasteiger partial charge >= 0.3 is 6.03 Å². The third-order valence-electron chi connectivity index (χ3n) is 3.74. The fourth-order valence-electron chi connectivity index (χ4n) is 2.23. The number of nitrogens with zero attached hydrogens (tertiary/aromatic N) is 1. The lowest BCUT2D eigenvalue weighted by molar-refractivity contribution is 0.187. The lowest BCUT2D eigenvalue weighted by Gasteiger charge is -2.27. The van der Waals surface area contributed by atoms with Gasteiger partial charge < -0.3 is 10.2 Å². The van der Waals surface area contributed by atoms with Gasteiger partial charge in [-0.05, 0) is 37.1 Å². The third-order valence-corrected chi connectivity index (χ3v) is 4.71. The molecular formula is C14H22N2OS. The molecule has 1 aliphatic rings. The summed E-state index contributed by atoms with van der Waals surface area (Å²) in [6, 6.07) is 4.79.